The maximum atomic E-state index is 12.8. The Balaban J connectivity index is 1.50. The summed E-state index contributed by atoms with van der Waals surface area (Å²) < 4.78 is 0. The summed E-state index contributed by atoms with van der Waals surface area (Å²) >= 11 is 0. The van der Waals surface area contributed by atoms with Gasteiger partial charge in [0.15, 0.2) is 0 Å². The summed E-state index contributed by atoms with van der Waals surface area (Å²) in [6.45, 7) is 1.58. The van der Waals surface area contributed by atoms with Crippen molar-refractivity contribution < 1.29 is 14.7 Å². The van der Waals surface area contributed by atoms with Crippen molar-refractivity contribution in [3.63, 3.8) is 0 Å². The van der Waals surface area contributed by atoms with E-state index in [-0.39, 0.29) is 12.3 Å². The molecule has 6 heteroatoms. The molecule has 0 radical (unpaired) electrons. The van der Waals surface area contributed by atoms with Gasteiger partial charge in [-0.05, 0) is 49.3 Å². The largest absolute Gasteiger partial charge is 0.481 e. The molecule has 2 aromatic rings. The number of aryl methyl sites for hydroxylation is 2. The number of nitrogens with zero attached hydrogens (tertiary/aromatic N) is 2. The zero-order chi connectivity index (χ0) is 20.6. The molecule has 0 unspecified atom stereocenters. The third-order valence-corrected chi connectivity index (χ3v) is 5.38. The zero-order valence-corrected chi connectivity index (χ0v) is 16.9. The molecule has 1 aromatic heterocycles. The smallest absolute Gasteiger partial charge is 0.304 e. The molecule has 1 amide bonds. The van der Waals surface area contributed by atoms with E-state index in [1.165, 1.54) is 5.56 Å². The van der Waals surface area contributed by atoms with Crippen molar-refractivity contribution in [1.29, 1.82) is 0 Å². The van der Waals surface area contributed by atoms with E-state index in [1.807, 2.05) is 30.3 Å². The molecule has 2 heterocycles. The second-order valence-electron chi connectivity index (χ2n) is 7.62. The second kappa shape index (κ2) is 10.0. The molecule has 1 aliphatic heterocycles. The third kappa shape index (κ3) is 5.79. The number of amides is 1. The zero-order valence-electron chi connectivity index (χ0n) is 16.9. The van der Waals surface area contributed by atoms with Gasteiger partial charge in [-0.1, -0.05) is 36.4 Å². The number of rotatable bonds is 9. The number of carboxylic acids is 1. The van der Waals surface area contributed by atoms with E-state index in [9.17, 15) is 14.7 Å². The predicted molar refractivity (Wildman–Crippen MR) is 113 cm³/mol. The molecule has 2 N–H and O–H groups in total. The van der Waals surface area contributed by atoms with E-state index in [0.29, 0.717) is 6.54 Å². The van der Waals surface area contributed by atoms with Crippen molar-refractivity contribution in [2.75, 3.05) is 25.5 Å². The van der Waals surface area contributed by atoms with Crippen molar-refractivity contribution in [3.8, 4) is 0 Å². The van der Waals surface area contributed by atoms with E-state index >= 15 is 0 Å². The van der Waals surface area contributed by atoms with Gasteiger partial charge in [0.05, 0.1) is 12.3 Å². The van der Waals surface area contributed by atoms with Crippen LogP contribution in [0.5, 0.6) is 0 Å². The molecular weight excluding hydrogens is 366 g/mol. The van der Waals surface area contributed by atoms with Gasteiger partial charge in [0.1, 0.15) is 5.82 Å². The first kappa shape index (κ1) is 20.8. The SMILES string of the molecule is CN(CCCCc1ccc2c(n1)NCCC2)C(=O)[C@@H](CC(=O)O)c1ccccc1. The number of fused-ring (bicyclic) bond motifs is 1. The number of nitrogens with one attached hydrogen (secondary N) is 1. The van der Waals surface area contributed by atoms with Crippen molar-refractivity contribution in [1.82, 2.24) is 9.88 Å². The number of carbonyl (C=O) groups is 2. The fourth-order valence-electron chi connectivity index (χ4n) is 3.75. The minimum atomic E-state index is -0.965. The summed E-state index contributed by atoms with van der Waals surface area (Å²) in [5.41, 5.74) is 3.10. The first-order valence-corrected chi connectivity index (χ1v) is 10.3. The lowest BCUT2D eigenvalue weighted by Gasteiger charge is -2.23. The molecule has 154 valence electrons. The average Bonchev–Trinajstić information content (AvgIpc) is 2.74. The summed E-state index contributed by atoms with van der Waals surface area (Å²) in [4.78, 5) is 30.5. The monoisotopic (exact) mass is 395 g/mol. The van der Waals surface area contributed by atoms with Crippen LogP contribution in [0, 0.1) is 0 Å². The lowest BCUT2D eigenvalue weighted by molar-refractivity contribution is -0.141. The van der Waals surface area contributed by atoms with Gasteiger partial charge >= 0.3 is 5.97 Å². The molecule has 1 aliphatic rings. The van der Waals surface area contributed by atoms with Gasteiger partial charge in [-0.15, -0.1) is 0 Å². The molecule has 3 rings (SSSR count). The topological polar surface area (TPSA) is 82.5 Å². The van der Waals surface area contributed by atoms with Crippen LogP contribution in [0.3, 0.4) is 0 Å². The van der Waals surface area contributed by atoms with Crippen molar-refractivity contribution in [2.45, 2.75) is 44.4 Å². The highest BCUT2D eigenvalue weighted by molar-refractivity contribution is 5.87. The molecule has 1 aromatic carbocycles. The van der Waals surface area contributed by atoms with Crippen LogP contribution < -0.4 is 5.32 Å². The number of aliphatic carboxylic acids is 1. The van der Waals surface area contributed by atoms with Crippen LogP contribution in [0.1, 0.15) is 48.4 Å². The van der Waals surface area contributed by atoms with E-state index in [1.54, 1.807) is 11.9 Å². The van der Waals surface area contributed by atoms with Crippen molar-refractivity contribution in [3.05, 3.63) is 59.3 Å². The normalized spacial score (nSPS) is 13.8. The second-order valence-corrected chi connectivity index (χ2v) is 7.62. The number of carboxylic acid groups (broad SMARTS) is 1. The fourth-order valence-corrected chi connectivity index (χ4v) is 3.75. The highest BCUT2D eigenvalue weighted by Crippen LogP contribution is 2.23. The Morgan fingerprint density at radius 2 is 1.97 bits per heavy atom. The Morgan fingerprint density at radius 3 is 2.72 bits per heavy atom. The quantitative estimate of drug-likeness (QED) is 0.635. The van der Waals surface area contributed by atoms with E-state index < -0.39 is 11.9 Å². The van der Waals surface area contributed by atoms with E-state index in [0.717, 1.165) is 55.7 Å². The number of carbonyl (C=O) groups excluding carboxylic acids is 1. The molecular formula is C23H29N3O3. The molecule has 0 fully saturated rings. The lowest BCUT2D eigenvalue weighted by Crippen LogP contribution is -2.33. The Kier molecular flexibility index (Phi) is 7.22. The molecule has 0 saturated carbocycles. The molecule has 0 saturated heterocycles. The Hall–Kier alpha value is -2.89. The molecule has 6 nitrogen and oxygen atoms in total. The summed E-state index contributed by atoms with van der Waals surface area (Å²) in [7, 11) is 1.75. The van der Waals surface area contributed by atoms with Gasteiger partial charge in [-0.2, -0.15) is 0 Å². The molecule has 0 aliphatic carbocycles. The minimum absolute atomic E-state index is 0.144. The van der Waals surface area contributed by atoms with Crippen LogP contribution in [0.25, 0.3) is 0 Å². The highest BCUT2D eigenvalue weighted by atomic mass is 16.4. The van der Waals surface area contributed by atoms with E-state index in [2.05, 4.69) is 17.4 Å². The highest BCUT2D eigenvalue weighted by Gasteiger charge is 2.26. The minimum Gasteiger partial charge on any atom is -0.481 e. The van der Waals surface area contributed by atoms with Crippen LogP contribution in [-0.2, 0) is 22.4 Å². The van der Waals surface area contributed by atoms with Gasteiger partial charge in [0.2, 0.25) is 5.91 Å². The number of likely N-dealkylation sites (N-methyl/N-ethyl adjacent to an activating group) is 1. The summed E-state index contributed by atoms with van der Waals surface area (Å²) in [6.07, 6.45) is 4.69. The van der Waals surface area contributed by atoms with Gasteiger partial charge in [-0.3, -0.25) is 9.59 Å². The molecule has 1 atom stereocenters. The van der Waals surface area contributed by atoms with Crippen molar-refractivity contribution >= 4 is 17.7 Å². The van der Waals surface area contributed by atoms with Gasteiger partial charge < -0.3 is 15.3 Å². The van der Waals surface area contributed by atoms with Crippen LogP contribution in [0.2, 0.25) is 0 Å². The summed E-state index contributed by atoms with van der Waals surface area (Å²) in [5, 5.41) is 12.6. The van der Waals surface area contributed by atoms with Crippen LogP contribution in [-0.4, -0.2) is 47.0 Å². The Bertz CT molecular complexity index is 839. The standard InChI is InChI=1S/C23H29N3O3/c1-26(23(29)20(16-21(27)28)17-8-3-2-4-9-17)15-6-5-11-19-13-12-18-10-7-14-24-22(18)25-19/h2-4,8-9,12-13,20H,5-7,10-11,14-16H2,1H3,(H,24,25)(H,27,28)/t20-/m0/s1. The van der Waals surface area contributed by atoms with Crippen LogP contribution >= 0.6 is 0 Å². The maximum absolute atomic E-state index is 12.8. The summed E-state index contributed by atoms with van der Waals surface area (Å²) in [5.74, 6) is -0.741. The lowest BCUT2D eigenvalue weighted by atomic mass is 9.94. The first-order chi connectivity index (χ1) is 14.0. The number of anilines is 1. The molecule has 0 spiro atoms. The average molecular weight is 396 g/mol. The molecule has 29 heavy (non-hydrogen) atoms. The van der Waals surface area contributed by atoms with Crippen molar-refractivity contribution in [2.24, 2.45) is 0 Å². The predicted octanol–water partition coefficient (Wildman–Crippen LogP) is 3.48. The van der Waals surface area contributed by atoms with Gasteiger partial charge in [-0.25, -0.2) is 4.98 Å². The maximum Gasteiger partial charge on any atom is 0.304 e. The number of benzene rings is 1. The van der Waals surface area contributed by atoms with Crippen LogP contribution in [0.15, 0.2) is 42.5 Å². The number of hydrogen-bond acceptors (Lipinski definition) is 4. The number of hydrogen-bond donors (Lipinski definition) is 2. The van der Waals surface area contributed by atoms with E-state index in [4.69, 9.17) is 4.98 Å². The third-order valence-electron chi connectivity index (χ3n) is 5.38. The first-order valence-electron chi connectivity index (χ1n) is 10.3. The van der Waals surface area contributed by atoms with Gasteiger partial charge in [0, 0.05) is 25.8 Å². The van der Waals surface area contributed by atoms with Crippen LogP contribution in [0.4, 0.5) is 5.82 Å². The Labute approximate surface area is 172 Å². The number of pyridine rings is 1. The number of aromatic nitrogens is 1. The number of unbranched alkanes of at least 4 members (excludes halogenated alkanes) is 1. The van der Waals surface area contributed by atoms with Gasteiger partial charge in [0.25, 0.3) is 0 Å². The fraction of sp³-hybridized carbons (Fsp3) is 0.435. The molecule has 0 bridgehead atoms. The Morgan fingerprint density at radius 1 is 1.17 bits per heavy atom. The summed E-state index contributed by atoms with van der Waals surface area (Å²) in [6, 6.07) is 13.4.